The minimum atomic E-state index is 0.579. The zero-order valence-electron chi connectivity index (χ0n) is 5.84. The quantitative estimate of drug-likeness (QED) is 0.565. The van der Waals surface area contributed by atoms with Gasteiger partial charge in [0.15, 0.2) is 0 Å². The van der Waals surface area contributed by atoms with Crippen LogP contribution in [0.1, 0.15) is 32.1 Å². The topological polar surface area (TPSA) is 26.0 Å². The lowest BCUT2D eigenvalue weighted by atomic mass is 9.64. The predicted molar refractivity (Wildman–Crippen MR) is 38.0 cm³/mol. The summed E-state index contributed by atoms with van der Waals surface area (Å²) in [5, 5.41) is 0. The molecule has 0 saturated heterocycles. The molecule has 2 N–H and O–H groups in total. The summed E-state index contributed by atoms with van der Waals surface area (Å²) in [6.07, 6.45) is 7.12. The largest absolute Gasteiger partial charge is 0.327 e. The number of hydrogen-bond donors (Lipinski definition) is 1. The second kappa shape index (κ2) is 1.98. The van der Waals surface area contributed by atoms with Gasteiger partial charge in [-0.1, -0.05) is 19.3 Å². The van der Waals surface area contributed by atoms with Crippen LogP contribution >= 0.6 is 0 Å². The molecule has 52 valence electrons. The van der Waals surface area contributed by atoms with Crippen molar-refractivity contribution in [1.82, 2.24) is 0 Å². The van der Waals surface area contributed by atoms with Gasteiger partial charge in [-0.25, -0.2) is 0 Å². The molecule has 0 radical (unpaired) electrons. The highest BCUT2D eigenvalue weighted by Gasteiger charge is 2.36. The van der Waals surface area contributed by atoms with Crippen molar-refractivity contribution in [3.8, 4) is 0 Å². The summed E-state index contributed by atoms with van der Waals surface area (Å²) in [5.41, 5.74) is 5.83. The van der Waals surface area contributed by atoms with E-state index in [-0.39, 0.29) is 0 Å². The molecule has 2 aliphatic rings. The highest BCUT2D eigenvalue weighted by Crippen LogP contribution is 2.42. The Hall–Kier alpha value is -0.0400. The normalized spacial score (nSPS) is 43.7. The fourth-order valence-corrected chi connectivity index (χ4v) is 2.00. The Morgan fingerprint density at radius 2 is 1.78 bits per heavy atom. The van der Waals surface area contributed by atoms with E-state index in [1.807, 2.05) is 0 Å². The van der Waals surface area contributed by atoms with Crippen molar-refractivity contribution in [3.05, 3.63) is 0 Å². The van der Waals surface area contributed by atoms with Crippen LogP contribution < -0.4 is 5.73 Å². The first kappa shape index (κ1) is 5.72. The van der Waals surface area contributed by atoms with E-state index < -0.39 is 0 Å². The van der Waals surface area contributed by atoms with Gasteiger partial charge in [-0.15, -0.1) is 0 Å². The lowest BCUT2D eigenvalue weighted by Gasteiger charge is -2.43. The molecule has 0 amide bonds. The van der Waals surface area contributed by atoms with Crippen LogP contribution in [0.3, 0.4) is 0 Å². The predicted octanol–water partition coefficient (Wildman–Crippen LogP) is 1.52. The van der Waals surface area contributed by atoms with Gasteiger partial charge in [0.1, 0.15) is 0 Å². The average Bonchev–Trinajstić information content (AvgIpc) is 1.74. The third-order valence-electron chi connectivity index (χ3n) is 3.14. The van der Waals surface area contributed by atoms with E-state index in [0.29, 0.717) is 6.04 Å². The first-order valence-corrected chi connectivity index (χ1v) is 4.13. The second-order valence-electron chi connectivity index (χ2n) is 3.60. The van der Waals surface area contributed by atoms with Gasteiger partial charge in [0, 0.05) is 6.04 Å². The maximum absolute atomic E-state index is 5.83. The minimum Gasteiger partial charge on any atom is -0.327 e. The summed E-state index contributed by atoms with van der Waals surface area (Å²) in [6, 6.07) is 0.579. The lowest BCUT2D eigenvalue weighted by Crippen LogP contribution is -2.45. The number of rotatable bonds is 1. The molecule has 0 spiro atoms. The molecule has 0 heterocycles. The van der Waals surface area contributed by atoms with Crippen LogP contribution in [0.2, 0.25) is 0 Å². The Balaban J connectivity index is 1.83. The first-order chi connectivity index (χ1) is 4.38. The summed E-state index contributed by atoms with van der Waals surface area (Å²) >= 11 is 0. The highest BCUT2D eigenvalue weighted by molar-refractivity contribution is 4.91. The van der Waals surface area contributed by atoms with E-state index in [0.717, 1.165) is 11.8 Å². The maximum Gasteiger partial charge on any atom is 0.00699 e. The SMILES string of the molecule is NC1CCC1C1CCC1. The van der Waals surface area contributed by atoms with Gasteiger partial charge < -0.3 is 5.73 Å². The minimum absolute atomic E-state index is 0.579. The van der Waals surface area contributed by atoms with Crippen molar-refractivity contribution in [2.75, 3.05) is 0 Å². The van der Waals surface area contributed by atoms with Crippen LogP contribution in [0.15, 0.2) is 0 Å². The monoisotopic (exact) mass is 125 g/mol. The molecule has 2 atom stereocenters. The van der Waals surface area contributed by atoms with Crippen molar-refractivity contribution in [2.45, 2.75) is 38.1 Å². The van der Waals surface area contributed by atoms with Crippen molar-refractivity contribution in [1.29, 1.82) is 0 Å². The summed E-state index contributed by atoms with van der Waals surface area (Å²) in [5.74, 6) is 1.97. The van der Waals surface area contributed by atoms with Gasteiger partial charge in [-0.05, 0) is 24.7 Å². The van der Waals surface area contributed by atoms with Gasteiger partial charge in [-0.3, -0.25) is 0 Å². The molecule has 0 aromatic rings. The summed E-state index contributed by atoms with van der Waals surface area (Å²) < 4.78 is 0. The van der Waals surface area contributed by atoms with Crippen LogP contribution in [0.25, 0.3) is 0 Å². The van der Waals surface area contributed by atoms with E-state index in [1.165, 1.54) is 32.1 Å². The Kier molecular flexibility index (Phi) is 1.26. The van der Waals surface area contributed by atoms with Crippen LogP contribution in [0.5, 0.6) is 0 Å². The van der Waals surface area contributed by atoms with Crippen LogP contribution in [0, 0.1) is 11.8 Å². The molecule has 2 saturated carbocycles. The van der Waals surface area contributed by atoms with Gasteiger partial charge in [0.05, 0.1) is 0 Å². The molecular weight excluding hydrogens is 110 g/mol. The smallest absolute Gasteiger partial charge is 0.00699 e. The third-order valence-corrected chi connectivity index (χ3v) is 3.14. The molecule has 0 aromatic carbocycles. The van der Waals surface area contributed by atoms with E-state index in [4.69, 9.17) is 5.73 Å². The average molecular weight is 125 g/mol. The van der Waals surface area contributed by atoms with Crippen molar-refractivity contribution < 1.29 is 0 Å². The van der Waals surface area contributed by atoms with Crippen molar-refractivity contribution in [3.63, 3.8) is 0 Å². The van der Waals surface area contributed by atoms with Gasteiger partial charge in [-0.2, -0.15) is 0 Å². The molecule has 2 fully saturated rings. The molecule has 9 heavy (non-hydrogen) atoms. The zero-order chi connectivity index (χ0) is 6.27. The maximum atomic E-state index is 5.83. The van der Waals surface area contributed by atoms with Gasteiger partial charge >= 0.3 is 0 Å². The van der Waals surface area contributed by atoms with Crippen molar-refractivity contribution >= 4 is 0 Å². The number of nitrogens with two attached hydrogens (primary N) is 1. The molecule has 2 unspecified atom stereocenters. The Labute approximate surface area is 56.6 Å². The zero-order valence-corrected chi connectivity index (χ0v) is 5.84. The first-order valence-electron chi connectivity index (χ1n) is 4.13. The van der Waals surface area contributed by atoms with Crippen LogP contribution in [-0.2, 0) is 0 Å². The summed E-state index contributed by atoms with van der Waals surface area (Å²) in [6.45, 7) is 0. The lowest BCUT2D eigenvalue weighted by molar-refractivity contribution is 0.103. The molecule has 0 aliphatic heterocycles. The second-order valence-corrected chi connectivity index (χ2v) is 3.60. The molecule has 0 bridgehead atoms. The summed E-state index contributed by atoms with van der Waals surface area (Å²) in [4.78, 5) is 0. The molecule has 0 aromatic heterocycles. The Bertz CT molecular complexity index is 107. The fraction of sp³-hybridized carbons (Fsp3) is 1.00. The molecule has 1 heteroatoms. The summed E-state index contributed by atoms with van der Waals surface area (Å²) in [7, 11) is 0. The Morgan fingerprint density at radius 1 is 1.00 bits per heavy atom. The van der Waals surface area contributed by atoms with Crippen molar-refractivity contribution in [2.24, 2.45) is 17.6 Å². The van der Waals surface area contributed by atoms with Crippen LogP contribution in [-0.4, -0.2) is 6.04 Å². The van der Waals surface area contributed by atoms with Gasteiger partial charge in [0.2, 0.25) is 0 Å². The molecule has 1 nitrogen and oxygen atoms in total. The number of hydrogen-bond acceptors (Lipinski definition) is 1. The molecular formula is C8H15N. The van der Waals surface area contributed by atoms with E-state index in [1.54, 1.807) is 0 Å². The highest BCUT2D eigenvalue weighted by atomic mass is 14.7. The Morgan fingerprint density at radius 3 is 1.89 bits per heavy atom. The molecule has 2 rings (SSSR count). The van der Waals surface area contributed by atoms with Gasteiger partial charge in [0.25, 0.3) is 0 Å². The standard InChI is InChI=1S/C8H15N/c9-8-5-4-7(8)6-2-1-3-6/h6-8H,1-5,9H2. The van der Waals surface area contributed by atoms with E-state index >= 15 is 0 Å². The fourth-order valence-electron chi connectivity index (χ4n) is 2.00. The third kappa shape index (κ3) is 0.787. The van der Waals surface area contributed by atoms with E-state index in [2.05, 4.69) is 0 Å². The van der Waals surface area contributed by atoms with E-state index in [9.17, 15) is 0 Å². The molecule has 2 aliphatic carbocycles. The van der Waals surface area contributed by atoms with Crippen LogP contribution in [0.4, 0.5) is 0 Å².